The molecule has 1 aliphatic rings. The Morgan fingerprint density at radius 2 is 1.65 bits per heavy atom. The highest BCUT2D eigenvalue weighted by Crippen LogP contribution is 2.41. The van der Waals surface area contributed by atoms with Crippen LogP contribution in [-0.4, -0.2) is 50.3 Å². The monoisotopic (exact) mass is 668 g/mol. The molecule has 0 bridgehead atoms. The number of aromatic amines is 1. The molecule has 0 aliphatic carbocycles. The Bertz CT molecular complexity index is 1690. The van der Waals surface area contributed by atoms with Crippen molar-refractivity contribution in [3.05, 3.63) is 106 Å². The van der Waals surface area contributed by atoms with Crippen LogP contribution in [-0.2, 0) is 22.4 Å². The van der Waals surface area contributed by atoms with Crippen molar-refractivity contribution in [3.63, 3.8) is 0 Å². The summed E-state index contributed by atoms with van der Waals surface area (Å²) in [6, 6.07) is 25.5. The summed E-state index contributed by atoms with van der Waals surface area (Å²) in [6.45, 7) is 15.9. The van der Waals surface area contributed by atoms with Gasteiger partial charge in [-0.05, 0) is 85.0 Å². The van der Waals surface area contributed by atoms with Crippen molar-refractivity contribution in [1.29, 1.82) is 0 Å². The highest BCUT2D eigenvalue weighted by atomic mass is 28.4. The molecule has 1 aromatic heterocycles. The Morgan fingerprint density at radius 3 is 2.35 bits per heavy atom. The van der Waals surface area contributed by atoms with Crippen molar-refractivity contribution in [2.24, 2.45) is 0 Å². The molecular weight excluding hydrogens is 617 g/mol. The topological polar surface area (TPSA) is 95.7 Å². The minimum atomic E-state index is -2.18. The van der Waals surface area contributed by atoms with E-state index in [0.29, 0.717) is 37.4 Å². The molecule has 0 radical (unpaired) electrons. The first-order chi connectivity index (χ1) is 23.0. The number of nitrogens with zero attached hydrogens (tertiary/aromatic N) is 1. The molecule has 1 aliphatic heterocycles. The summed E-state index contributed by atoms with van der Waals surface area (Å²) >= 11 is 0. The van der Waals surface area contributed by atoms with Gasteiger partial charge in [0.1, 0.15) is 12.4 Å². The van der Waals surface area contributed by atoms with Crippen molar-refractivity contribution in [2.75, 3.05) is 31.5 Å². The number of carbonyl (C=O) groups is 1. The van der Waals surface area contributed by atoms with E-state index in [1.165, 1.54) is 19.3 Å². The van der Waals surface area contributed by atoms with Crippen LogP contribution in [0.5, 0.6) is 5.75 Å². The van der Waals surface area contributed by atoms with Gasteiger partial charge in [-0.1, -0.05) is 75.7 Å². The zero-order valence-corrected chi connectivity index (χ0v) is 30.2. The lowest BCUT2D eigenvalue weighted by atomic mass is 10.0. The van der Waals surface area contributed by atoms with E-state index in [0.717, 1.165) is 47.4 Å². The summed E-state index contributed by atoms with van der Waals surface area (Å²) in [5.41, 5.74) is 4.50. The Balaban J connectivity index is 1.28. The molecule has 1 amide bonds. The van der Waals surface area contributed by atoms with Crippen LogP contribution in [0.3, 0.4) is 0 Å². The highest BCUT2D eigenvalue weighted by molar-refractivity contribution is 6.74. The third-order valence-corrected chi connectivity index (χ3v) is 14.2. The molecule has 1 fully saturated rings. The number of H-pyrrole nitrogens is 1. The molecule has 4 aromatic rings. The number of carbonyl (C=O) groups excluding carboxylic acids is 1. The molecule has 2 heterocycles. The largest absolute Gasteiger partial charge is 0.487 e. The van der Waals surface area contributed by atoms with E-state index in [-0.39, 0.29) is 22.6 Å². The van der Waals surface area contributed by atoms with Gasteiger partial charge < -0.3 is 29.7 Å². The van der Waals surface area contributed by atoms with Crippen LogP contribution in [0.25, 0.3) is 10.9 Å². The number of aromatic nitrogens is 1. The zero-order valence-electron chi connectivity index (χ0n) is 29.2. The molecule has 5 rings (SSSR count). The fraction of sp³-hybridized carbons (Fsp3) is 0.436. The number of nitrogens with one attached hydrogen (secondary N) is 3. The van der Waals surface area contributed by atoms with Crippen LogP contribution in [0.2, 0.25) is 18.1 Å². The maximum Gasteiger partial charge on any atom is 0.248 e. The van der Waals surface area contributed by atoms with Gasteiger partial charge in [0, 0.05) is 43.2 Å². The van der Waals surface area contributed by atoms with Gasteiger partial charge in [-0.25, -0.2) is 0 Å². The minimum absolute atomic E-state index is 0.0160. The number of hydrogen-bond acceptors (Lipinski definition) is 6. The molecule has 1 unspecified atom stereocenters. The second kappa shape index (κ2) is 16.1. The molecule has 3 aromatic carbocycles. The number of ether oxygens (including phenoxy) is 1. The molecule has 256 valence electrons. The number of anilines is 1. The number of amides is 1. The summed E-state index contributed by atoms with van der Waals surface area (Å²) in [5.74, 6) is 0.690. The SMILES string of the molecule is CC(C)(C)[Si](C)(C)OC(CNCc1ccc(NC(=O)CCN2CCCCC2)cc1)c1ccc(OCc2ccccc2)c2[nH]c(=O)ccc12. The lowest BCUT2D eigenvalue weighted by molar-refractivity contribution is -0.116. The van der Waals surface area contributed by atoms with Crippen molar-refractivity contribution in [2.45, 2.75) is 83.8 Å². The second-order valence-corrected chi connectivity index (χ2v) is 19.2. The lowest BCUT2D eigenvalue weighted by Crippen LogP contribution is -2.43. The minimum Gasteiger partial charge on any atom is -0.487 e. The van der Waals surface area contributed by atoms with Crippen molar-refractivity contribution in [1.82, 2.24) is 15.2 Å². The first-order valence-electron chi connectivity index (χ1n) is 17.3. The molecule has 3 N–H and O–H groups in total. The second-order valence-electron chi connectivity index (χ2n) is 14.4. The van der Waals surface area contributed by atoms with Crippen molar-refractivity contribution >= 4 is 30.8 Å². The number of likely N-dealkylation sites (tertiary alicyclic amines) is 1. The average Bonchev–Trinajstić information content (AvgIpc) is 3.07. The van der Waals surface area contributed by atoms with E-state index in [1.54, 1.807) is 6.07 Å². The van der Waals surface area contributed by atoms with E-state index in [1.807, 2.05) is 54.6 Å². The van der Waals surface area contributed by atoms with E-state index in [4.69, 9.17) is 9.16 Å². The van der Waals surface area contributed by atoms with Gasteiger partial charge in [-0.2, -0.15) is 0 Å². The van der Waals surface area contributed by atoms with Gasteiger partial charge in [0.15, 0.2) is 8.32 Å². The summed E-state index contributed by atoms with van der Waals surface area (Å²) in [7, 11) is -2.18. The van der Waals surface area contributed by atoms with Gasteiger partial charge in [0.2, 0.25) is 11.5 Å². The fourth-order valence-electron chi connectivity index (χ4n) is 5.85. The van der Waals surface area contributed by atoms with Crippen LogP contribution in [0.4, 0.5) is 5.69 Å². The molecular formula is C39H52N4O4Si. The van der Waals surface area contributed by atoms with Crippen LogP contribution < -0.4 is 20.9 Å². The molecule has 9 heteroatoms. The number of rotatable bonds is 14. The summed E-state index contributed by atoms with van der Waals surface area (Å²) < 4.78 is 13.3. The third kappa shape index (κ3) is 9.66. The zero-order chi connectivity index (χ0) is 34.1. The summed E-state index contributed by atoms with van der Waals surface area (Å²) in [5, 5.41) is 7.61. The maximum absolute atomic E-state index is 12.6. The van der Waals surface area contributed by atoms with Gasteiger partial charge in [-0.3, -0.25) is 9.59 Å². The normalized spacial score (nSPS) is 14.9. The third-order valence-electron chi connectivity index (χ3n) is 9.72. The molecule has 1 atom stereocenters. The number of hydrogen-bond donors (Lipinski definition) is 3. The van der Waals surface area contributed by atoms with Crippen LogP contribution in [0, 0.1) is 0 Å². The molecule has 1 saturated heterocycles. The Labute approximate surface area is 286 Å². The van der Waals surface area contributed by atoms with Crippen molar-refractivity contribution in [3.8, 4) is 5.75 Å². The van der Waals surface area contributed by atoms with Gasteiger partial charge >= 0.3 is 0 Å². The van der Waals surface area contributed by atoms with E-state index in [9.17, 15) is 9.59 Å². The molecule has 0 saturated carbocycles. The van der Waals surface area contributed by atoms with E-state index >= 15 is 0 Å². The Hall–Kier alpha value is -3.76. The smallest absolute Gasteiger partial charge is 0.248 e. The predicted octanol–water partition coefficient (Wildman–Crippen LogP) is 7.77. The number of pyridine rings is 1. The Morgan fingerprint density at radius 1 is 0.917 bits per heavy atom. The van der Waals surface area contributed by atoms with Crippen molar-refractivity contribution < 1.29 is 14.0 Å². The molecule has 48 heavy (non-hydrogen) atoms. The van der Waals surface area contributed by atoms with Crippen LogP contribution in [0.15, 0.2) is 83.7 Å². The molecule has 8 nitrogen and oxygen atoms in total. The molecule has 0 spiro atoms. The highest BCUT2D eigenvalue weighted by Gasteiger charge is 2.39. The van der Waals surface area contributed by atoms with Gasteiger partial charge in [0.05, 0.1) is 11.6 Å². The maximum atomic E-state index is 12.6. The quantitative estimate of drug-likeness (QED) is 0.119. The standard InChI is InChI=1S/C39H52N4O4Si/c1-39(2,3)48(4,5)47-35(27-40-26-29-14-16-31(17-15-29)41-37(45)22-25-43-23-10-7-11-24-43)32-18-20-34(38-33(32)19-21-36(44)42-38)46-28-30-12-8-6-9-13-30/h6,8-9,12-21,35,40H,7,10-11,22-28H2,1-5H3,(H,41,45)(H,42,44). The van der Waals surface area contributed by atoms with E-state index in [2.05, 4.69) is 72.6 Å². The predicted molar refractivity (Wildman–Crippen MR) is 198 cm³/mol. The first-order valence-corrected chi connectivity index (χ1v) is 20.2. The summed E-state index contributed by atoms with van der Waals surface area (Å²) in [4.78, 5) is 30.5. The van der Waals surface area contributed by atoms with Crippen LogP contribution in [0.1, 0.15) is 69.2 Å². The first kappa shape index (κ1) is 35.5. The fourth-order valence-corrected chi connectivity index (χ4v) is 7.13. The lowest BCUT2D eigenvalue weighted by Gasteiger charge is -2.39. The van der Waals surface area contributed by atoms with Gasteiger partial charge in [0.25, 0.3) is 0 Å². The summed E-state index contributed by atoms with van der Waals surface area (Å²) in [6.07, 6.45) is 4.02. The number of piperidine rings is 1. The Kier molecular flexibility index (Phi) is 11.9. The average molecular weight is 669 g/mol. The van der Waals surface area contributed by atoms with Crippen LogP contribution >= 0.6 is 0 Å². The van der Waals surface area contributed by atoms with Gasteiger partial charge in [-0.15, -0.1) is 0 Å². The number of fused-ring (bicyclic) bond motifs is 1. The van der Waals surface area contributed by atoms with E-state index < -0.39 is 8.32 Å². The number of benzene rings is 3.